The summed E-state index contributed by atoms with van der Waals surface area (Å²) in [5, 5.41) is 0. The topological polar surface area (TPSA) is 50.9 Å². The maximum Gasteiger partial charge on any atom is 0.416 e. The Kier molecular flexibility index (Phi) is 4.13. The van der Waals surface area contributed by atoms with Crippen LogP contribution in [-0.4, -0.2) is 37.7 Å². The van der Waals surface area contributed by atoms with Gasteiger partial charge in [-0.15, -0.1) is 0 Å². The monoisotopic (exact) mass is 301 g/mol. The van der Waals surface area contributed by atoms with Crippen molar-refractivity contribution in [2.24, 2.45) is 10.7 Å². The van der Waals surface area contributed by atoms with E-state index in [1.807, 2.05) is 6.92 Å². The fourth-order valence-corrected chi connectivity index (χ4v) is 2.48. The van der Waals surface area contributed by atoms with E-state index >= 15 is 0 Å². The number of rotatable bonds is 4. The zero-order valence-electron chi connectivity index (χ0n) is 11.9. The van der Waals surface area contributed by atoms with Gasteiger partial charge in [0.2, 0.25) is 0 Å². The lowest BCUT2D eigenvalue weighted by molar-refractivity contribution is -0.137. The highest BCUT2D eigenvalue weighted by Crippen LogP contribution is 2.36. The predicted molar refractivity (Wildman–Crippen MR) is 73.9 cm³/mol. The van der Waals surface area contributed by atoms with Gasteiger partial charge >= 0.3 is 6.18 Å². The molecule has 7 heteroatoms. The van der Waals surface area contributed by atoms with Gasteiger partial charge in [0.25, 0.3) is 0 Å². The Labute approximate surface area is 121 Å². The molecule has 0 spiro atoms. The number of ether oxygens (including phenoxy) is 1. The molecule has 0 fully saturated rings. The minimum absolute atomic E-state index is 0.323. The van der Waals surface area contributed by atoms with Crippen LogP contribution in [0.15, 0.2) is 29.3 Å². The molecule has 1 atom stereocenters. The molecule has 0 aliphatic carbocycles. The number of aliphatic imine (C=N–C) groups is 1. The second-order valence-corrected chi connectivity index (χ2v) is 5.17. The van der Waals surface area contributed by atoms with E-state index in [-0.39, 0.29) is 0 Å². The minimum atomic E-state index is -4.37. The second kappa shape index (κ2) is 5.55. The van der Waals surface area contributed by atoms with Crippen LogP contribution in [0, 0.1) is 0 Å². The van der Waals surface area contributed by atoms with Gasteiger partial charge in [0, 0.05) is 13.7 Å². The van der Waals surface area contributed by atoms with Gasteiger partial charge in [-0.05, 0) is 24.6 Å². The fraction of sp³-hybridized carbons (Fsp3) is 0.500. The van der Waals surface area contributed by atoms with Crippen LogP contribution in [0.4, 0.5) is 13.2 Å². The van der Waals surface area contributed by atoms with E-state index in [1.165, 1.54) is 6.07 Å². The van der Waals surface area contributed by atoms with Gasteiger partial charge in [0.1, 0.15) is 0 Å². The van der Waals surface area contributed by atoms with Crippen LogP contribution in [0.3, 0.4) is 0 Å². The standard InChI is InChI=1S/C14H18F3N3O/c1-13(9-19-12(18)20(13)6-7-21-2)10-4-3-5-11(8-10)14(15,16)17/h3-5,8H,6-7,9H2,1-2H3,(H2,18,19). The average Bonchev–Trinajstić information content (AvgIpc) is 2.73. The number of nitrogens with zero attached hydrogens (tertiary/aromatic N) is 2. The average molecular weight is 301 g/mol. The Morgan fingerprint density at radius 1 is 1.43 bits per heavy atom. The van der Waals surface area contributed by atoms with Crippen molar-refractivity contribution in [1.82, 2.24) is 4.90 Å². The van der Waals surface area contributed by atoms with Gasteiger partial charge < -0.3 is 15.4 Å². The molecule has 0 amide bonds. The van der Waals surface area contributed by atoms with Gasteiger partial charge in [0.15, 0.2) is 5.96 Å². The molecule has 0 radical (unpaired) electrons. The Bertz CT molecular complexity index is 545. The van der Waals surface area contributed by atoms with E-state index < -0.39 is 17.3 Å². The first-order chi connectivity index (χ1) is 9.79. The molecule has 1 aliphatic heterocycles. The number of halogens is 3. The highest BCUT2D eigenvalue weighted by molar-refractivity contribution is 5.81. The molecule has 0 bridgehead atoms. The lowest BCUT2D eigenvalue weighted by Gasteiger charge is -2.36. The van der Waals surface area contributed by atoms with Crippen molar-refractivity contribution in [2.45, 2.75) is 18.6 Å². The van der Waals surface area contributed by atoms with Crippen molar-refractivity contribution in [3.05, 3.63) is 35.4 Å². The van der Waals surface area contributed by atoms with E-state index in [0.717, 1.165) is 12.1 Å². The normalized spacial score (nSPS) is 22.5. The first-order valence-electron chi connectivity index (χ1n) is 6.53. The van der Waals surface area contributed by atoms with Crippen LogP contribution in [0.5, 0.6) is 0 Å². The summed E-state index contributed by atoms with van der Waals surface area (Å²) in [6.45, 7) is 3.05. The summed E-state index contributed by atoms with van der Waals surface area (Å²) in [7, 11) is 1.56. The molecule has 1 aromatic carbocycles. The number of hydrogen-bond acceptors (Lipinski definition) is 4. The van der Waals surface area contributed by atoms with E-state index in [1.54, 1.807) is 18.1 Å². The summed E-state index contributed by atoms with van der Waals surface area (Å²) in [6.07, 6.45) is -4.37. The number of nitrogens with two attached hydrogens (primary N) is 1. The minimum Gasteiger partial charge on any atom is -0.383 e. The van der Waals surface area contributed by atoms with Gasteiger partial charge in [-0.2, -0.15) is 13.2 Å². The molecule has 0 saturated heterocycles. The second-order valence-electron chi connectivity index (χ2n) is 5.17. The first-order valence-corrected chi connectivity index (χ1v) is 6.53. The van der Waals surface area contributed by atoms with Gasteiger partial charge in [-0.25, -0.2) is 0 Å². The number of benzene rings is 1. The third-order valence-electron chi connectivity index (χ3n) is 3.75. The summed E-state index contributed by atoms with van der Waals surface area (Å²) in [6, 6.07) is 5.30. The lowest BCUT2D eigenvalue weighted by atomic mass is 9.90. The van der Waals surface area contributed by atoms with Crippen LogP contribution in [0.25, 0.3) is 0 Å². The van der Waals surface area contributed by atoms with Gasteiger partial charge in [0.05, 0.1) is 24.3 Å². The summed E-state index contributed by atoms with van der Waals surface area (Å²) in [5.74, 6) is 0.326. The summed E-state index contributed by atoms with van der Waals surface area (Å²) >= 11 is 0. The maximum atomic E-state index is 12.9. The van der Waals surface area contributed by atoms with Crippen molar-refractivity contribution in [3.63, 3.8) is 0 Å². The Balaban J connectivity index is 2.35. The Hall–Kier alpha value is -1.76. The number of guanidine groups is 1. The summed E-state index contributed by atoms with van der Waals surface area (Å²) in [4.78, 5) is 5.96. The van der Waals surface area contributed by atoms with Crippen LogP contribution < -0.4 is 5.73 Å². The molecule has 0 aromatic heterocycles. The molecule has 0 saturated carbocycles. The fourth-order valence-electron chi connectivity index (χ4n) is 2.48. The molecule has 1 aliphatic rings. The quantitative estimate of drug-likeness (QED) is 0.927. The van der Waals surface area contributed by atoms with E-state index in [4.69, 9.17) is 10.5 Å². The molecule has 1 unspecified atom stereocenters. The Morgan fingerprint density at radius 3 is 2.76 bits per heavy atom. The van der Waals surface area contributed by atoms with E-state index in [2.05, 4.69) is 4.99 Å². The summed E-state index contributed by atoms with van der Waals surface area (Å²) in [5.41, 5.74) is 5.04. The molecular weight excluding hydrogens is 283 g/mol. The Morgan fingerprint density at radius 2 is 2.14 bits per heavy atom. The van der Waals surface area contributed by atoms with Gasteiger partial charge in [-0.3, -0.25) is 4.99 Å². The molecule has 21 heavy (non-hydrogen) atoms. The molecule has 116 valence electrons. The third-order valence-corrected chi connectivity index (χ3v) is 3.75. The van der Waals surface area contributed by atoms with Crippen LogP contribution in [-0.2, 0) is 16.5 Å². The van der Waals surface area contributed by atoms with Crippen molar-refractivity contribution in [1.29, 1.82) is 0 Å². The van der Waals surface area contributed by atoms with E-state index in [0.29, 0.717) is 31.2 Å². The smallest absolute Gasteiger partial charge is 0.383 e. The zero-order valence-corrected chi connectivity index (χ0v) is 11.9. The molecular formula is C14H18F3N3O. The van der Waals surface area contributed by atoms with Crippen molar-refractivity contribution >= 4 is 5.96 Å². The van der Waals surface area contributed by atoms with E-state index in [9.17, 15) is 13.2 Å². The summed E-state index contributed by atoms with van der Waals surface area (Å²) < 4.78 is 43.6. The first kappa shape index (κ1) is 15.6. The van der Waals surface area contributed by atoms with Gasteiger partial charge in [-0.1, -0.05) is 12.1 Å². The maximum absolute atomic E-state index is 12.9. The van der Waals surface area contributed by atoms with Crippen LogP contribution >= 0.6 is 0 Å². The highest BCUT2D eigenvalue weighted by atomic mass is 19.4. The zero-order chi connectivity index (χ0) is 15.7. The van der Waals surface area contributed by atoms with Crippen LogP contribution in [0.1, 0.15) is 18.1 Å². The SMILES string of the molecule is COCCN1C(N)=NCC1(C)c1cccc(C(F)(F)F)c1. The molecule has 4 nitrogen and oxygen atoms in total. The third kappa shape index (κ3) is 2.97. The highest BCUT2D eigenvalue weighted by Gasteiger charge is 2.40. The number of methoxy groups -OCH3 is 1. The molecule has 1 aromatic rings. The predicted octanol–water partition coefficient (Wildman–Crippen LogP) is 2.20. The van der Waals surface area contributed by atoms with Crippen molar-refractivity contribution in [3.8, 4) is 0 Å². The van der Waals surface area contributed by atoms with Crippen LogP contribution in [0.2, 0.25) is 0 Å². The van der Waals surface area contributed by atoms with Crippen molar-refractivity contribution in [2.75, 3.05) is 26.8 Å². The number of hydrogen-bond donors (Lipinski definition) is 1. The largest absolute Gasteiger partial charge is 0.416 e. The number of alkyl halides is 3. The molecule has 1 heterocycles. The molecule has 2 rings (SSSR count). The molecule has 2 N–H and O–H groups in total. The van der Waals surface area contributed by atoms with Crippen molar-refractivity contribution < 1.29 is 17.9 Å². The lowest BCUT2D eigenvalue weighted by Crippen LogP contribution is -2.48.